The molecule has 144 valence electrons. The van der Waals surface area contributed by atoms with Gasteiger partial charge in [-0.25, -0.2) is 9.78 Å². The van der Waals surface area contributed by atoms with Crippen molar-refractivity contribution in [3.8, 4) is 0 Å². The predicted molar refractivity (Wildman–Crippen MR) is 107 cm³/mol. The average Bonchev–Trinajstić information content (AvgIpc) is 3.21. The highest BCUT2D eigenvalue weighted by Gasteiger charge is 2.13. The Bertz CT molecular complexity index is 1260. The highest BCUT2D eigenvalue weighted by Crippen LogP contribution is 2.22. The summed E-state index contributed by atoms with van der Waals surface area (Å²) < 4.78 is 8.89. The zero-order valence-electron chi connectivity index (χ0n) is 16.3. The van der Waals surface area contributed by atoms with Gasteiger partial charge >= 0.3 is 5.69 Å². The Morgan fingerprint density at radius 1 is 1.11 bits per heavy atom. The lowest BCUT2D eigenvalue weighted by Crippen LogP contribution is -2.22. The summed E-state index contributed by atoms with van der Waals surface area (Å²) in [4.78, 5) is 29.1. The van der Waals surface area contributed by atoms with E-state index in [1.165, 1.54) is 0 Å². The molecule has 7 nitrogen and oxygen atoms in total. The van der Waals surface area contributed by atoms with Gasteiger partial charge in [0.05, 0.1) is 11.0 Å². The maximum atomic E-state index is 12.6. The molecule has 4 aromatic rings. The molecule has 4 rings (SSSR count). The normalized spacial score (nSPS) is 11.6. The molecule has 0 unspecified atom stereocenters. The van der Waals surface area contributed by atoms with E-state index in [2.05, 4.69) is 10.3 Å². The van der Waals surface area contributed by atoms with Gasteiger partial charge in [-0.1, -0.05) is 19.9 Å². The van der Waals surface area contributed by atoms with E-state index >= 15 is 0 Å². The minimum Gasteiger partial charge on any atom is -0.440 e. The van der Waals surface area contributed by atoms with Gasteiger partial charge in [0.25, 0.3) is 5.91 Å². The molecular formula is C21H22N4O3. The minimum absolute atomic E-state index is 0.0714. The van der Waals surface area contributed by atoms with E-state index in [4.69, 9.17) is 4.42 Å². The van der Waals surface area contributed by atoms with Crippen molar-refractivity contribution in [3.05, 3.63) is 63.9 Å². The first-order valence-electron chi connectivity index (χ1n) is 9.18. The van der Waals surface area contributed by atoms with Crippen LogP contribution in [0.15, 0.2) is 45.6 Å². The van der Waals surface area contributed by atoms with Gasteiger partial charge in [-0.15, -0.1) is 0 Å². The first-order chi connectivity index (χ1) is 13.3. The van der Waals surface area contributed by atoms with E-state index in [-0.39, 0.29) is 17.5 Å². The Morgan fingerprint density at radius 3 is 2.61 bits per heavy atom. The van der Waals surface area contributed by atoms with Gasteiger partial charge in [-0.05, 0) is 35.9 Å². The van der Waals surface area contributed by atoms with Gasteiger partial charge in [-0.2, -0.15) is 0 Å². The van der Waals surface area contributed by atoms with E-state index in [1.54, 1.807) is 41.4 Å². The Morgan fingerprint density at radius 2 is 1.86 bits per heavy atom. The van der Waals surface area contributed by atoms with Gasteiger partial charge in [0, 0.05) is 32.1 Å². The fourth-order valence-electron chi connectivity index (χ4n) is 3.28. The van der Waals surface area contributed by atoms with Crippen molar-refractivity contribution in [3.63, 3.8) is 0 Å². The van der Waals surface area contributed by atoms with Crippen molar-refractivity contribution in [1.82, 2.24) is 19.4 Å². The number of nitrogens with zero attached hydrogens (tertiary/aromatic N) is 3. The third kappa shape index (κ3) is 2.98. The summed E-state index contributed by atoms with van der Waals surface area (Å²) in [5.41, 5.74) is 4.44. The first-order valence-corrected chi connectivity index (χ1v) is 9.18. The van der Waals surface area contributed by atoms with Crippen LogP contribution >= 0.6 is 0 Å². The molecule has 7 heteroatoms. The fraction of sp³-hybridized carbons (Fsp3) is 0.286. The van der Waals surface area contributed by atoms with Crippen molar-refractivity contribution >= 4 is 28.0 Å². The van der Waals surface area contributed by atoms with Crippen LogP contribution in [-0.2, 0) is 20.6 Å². The summed E-state index contributed by atoms with van der Waals surface area (Å²) in [7, 11) is 3.49. The number of carbonyl (C=O) groups excluding carboxylic acids is 1. The number of carbonyl (C=O) groups is 1. The fourth-order valence-corrected chi connectivity index (χ4v) is 3.28. The summed E-state index contributed by atoms with van der Waals surface area (Å²) in [6, 6.07) is 11.0. The van der Waals surface area contributed by atoms with Gasteiger partial charge < -0.3 is 9.73 Å². The van der Waals surface area contributed by atoms with Crippen LogP contribution in [0.25, 0.3) is 22.1 Å². The van der Waals surface area contributed by atoms with Crippen LogP contribution in [0.1, 0.15) is 41.6 Å². The minimum atomic E-state index is -0.182. The first kappa shape index (κ1) is 18.0. The summed E-state index contributed by atoms with van der Waals surface area (Å²) in [6.07, 6.45) is 0. The molecule has 0 bridgehead atoms. The standard InChI is InChI=1S/C21H22N4O3/c1-12(2)20-23-15-10-14(6-8-18(15)28-20)19(26)22-11-13-5-7-16-17(9-13)25(4)21(27)24(16)3/h5-10,12H,11H2,1-4H3,(H,22,26). The molecule has 0 aliphatic heterocycles. The smallest absolute Gasteiger partial charge is 0.328 e. The largest absolute Gasteiger partial charge is 0.440 e. The predicted octanol–water partition coefficient (Wildman–Crippen LogP) is 3.07. The van der Waals surface area contributed by atoms with Gasteiger partial charge in [0.15, 0.2) is 11.5 Å². The molecule has 28 heavy (non-hydrogen) atoms. The maximum Gasteiger partial charge on any atom is 0.328 e. The number of imidazole rings is 1. The number of amides is 1. The summed E-state index contributed by atoms with van der Waals surface area (Å²) in [5, 5.41) is 2.92. The number of hydrogen-bond acceptors (Lipinski definition) is 4. The molecule has 0 saturated carbocycles. The second-order valence-electron chi connectivity index (χ2n) is 7.30. The number of oxazole rings is 1. The van der Waals surface area contributed by atoms with Crippen LogP contribution in [0, 0.1) is 0 Å². The molecule has 0 radical (unpaired) electrons. The van der Waals surface area contributed by atoms with Crippen LogP contribution < -0.4 is 11.0 Å². The number of aryl methyl sites for hydroxylation is 2. The Labute approximate surface area is 161 Å². The van der Waals surface area contributed by atoms with Crippen molar-refractivity contribution in [1.29, 1.82) is 0 Å². The van der Waals surface area contributed by atoms with E-state index in [9.17, 15) is 9.59 Å². The lowest BCUT2D eigenvalue weighted by atomic mass is 10.1. The van der Waals surface area contributed by atoms with Gasteiger partial charge in [-0.3, -0.25) is 13.9 Å². The second kappa shape index (κ2) is 6.67. The molecule has 1 N–H and O–H groups in total. The number of nitrogens with one attached hydrogen (secondary N) is 1. The van der Waals surface area contributed by atoms with Crippen LogP contribution in [-0.4, -0.2) is 20.0 Å². The second-order valence-corrected chi connectivity index (χ2v) is 7.30. The third-order valence-electron chi connectivity index (χ3n) is 4.95. The molecule has 0 atom stereocenters. The number of aromatic nitrogens is 3. The zero-order valence-corrected chi connectivity index (χ0v) is 16.3. The van der Waals surface area contributed by atoms with Gasteiger partial charge in [0.1, 0.15) is 5.52 Å². The molecule has 2 aromatic heterocycles. The third-order valence-corrected chi connectivity index (χ3v) is 4.95. The molecule has 0 aliphatic carbocycles. The maximum absolute atomic E-state index is 12.6. The molecule has 0 saturated heterocycles. The highest BCUT2D eigenvalue weighted by molar-refractivity contribution is 5.97. The van der Waals surface area contributed by atoms with E-state index < -0.39 is 0 Å². The van der Waals surface area contributed by atoms with Crippen molar-refractivity contribution in [2.24, 2.45) is 14.1 Å². The summed E-state index contributed by atoms with van der Waals surface area (Å²) in [6.45, 7) is 4.39. The molecule has 2 heterocycles. The van der Waals surface area contributed by atoms with Crippen LogP contribution in [0.4, 0.5) is 0 Å². The number of hydrogen-bond donors (Lipinski definition) is 1. The lowest BCUT2D eigenvalue weighted by Gasteiger charge is -2.06. The SMILES string of the molecule is CC(C)c1nc2cc(C(=O)NCc3ccc4c(c3)n(C)c(=O)n4C)ccc2o1. The van der Waals surface area contributed by atoms with Crippen molar-refractivity contribution in [2.75, 3.05) is 0 Å². The number of fused-ring (bicyclic) bond motifs is 2. The Kier molecular flexibility index (Phi) is 4.30. The van der Waals surface area contributed by atoms with Crippen molar-refractivity contribution < 1.29 is 9.21 Å². The molecule has 1 amide bonds. The van der Waals surface area contributed by atoms with Crippen molar-refractivity contribution in [2.45, 2.75) is 26.3 Å². The highest BCUT2D eigenvalue weighted by atomic mass is 16.3. The molecule has 2 aromatic carbocycles. The number of rotatable bonds is 4. The Hall–Kier alpha value is -3.35. The quantitative estimate of drug-likeness (QED) is 0.592. The molecule has 0 fully saturated rings. The Balaban J connectivity index is 1.54. The molecular weight excluding hydrogens is 356 g/mol. The average molecular weight is 378 g/mol. The summed E-state index contributed by atoms with van der Waals surface area (Å²) >= 11 is 0. The lowest BCUT2D eigenvalue weighted by molar-refractivity contribution is 0.0951. The van der Waals surface area contributed by atoms with E-state index in [0.717, 1.165) is 16.6 Å². The monoisotopic (exact) mass is 378 g/mol. The van der Waals surface area contributed by atoms with E-state index in [0.29, 0.717) is 29.1 Å². The number of benzene rings is 2. The topological polar surface area (TPSA) is 82.1 Å². The zero-order chi connectivity index (χ0) is 20.0. The molecule has 0 spiro atoms. The van der Waals surface area contributed by atoms with Crippen LogP contribution in [0.2, 0.25) is 0 Å². The van der Waals surface area contributed by atoms with Crippen LogP contribution in [0.3, 0.4) is 0 Å². The molecule has 0 aliphatic rings. The van der Waals surface area contributed by atoms with Gasteiger partial charge in [0.2, 0.25) is 0 Å². The van der Waals surface area contributed by atoms with Crippen LogP contribution in [0.5, 0.6) is 0 Å². The summed E-state index contributed by atoms with van der Waals surface area (Å²) in [5.74, 6) is 0.668. The van der Waals surface area contributed by atoms with E-state index in [1.807, 2.05) is 32.0 Å².